The van der Waals surface area contributed by atoms with Gasteiger partial charge >= 0.3 is 47.8 Å². The molecule has 1 fully saturated rings. The van der Waals surface area contributed by atoms with Crippen molar-refractivity contribution in [2.24, 2.45) is 5.92 Å². The summed E-state index contributed by atoms with van der Waals surface area (Å²) in [5.41, 5.74) is 7.46. The summed E-state index contributed by atoms with van der Waals surface area (Å²) in [6.07, 6.45) is 2.21. The van der Waals surface area contributed by atoms with Crippen molar-refractivity contribution >= 4 is 148 Å². The molecule has 0 unspecified atom stereocenters. The van der Waals surface area contributed by atoms with E-state index in [9.17, 15) is 48.3 Å². The first-order valence-corrected chi connectivity index (χ1v) is 50.4. The van der Waals surface area contributed by atoms with Crippen molar-refractivity contribution in [2.45, 2.75) is 94.9 Å². The highest BCUT2D eigenvalue weighted by Gasteiger charge is 2.33. The monoisotopic (exact) mass is 2160 g/mol. The summed E-state index contributed by atoms with van der Waals surface area (Å²) in [7, 11) is 10.8. The fraction of sp³-hybridized carbons (Fsp3) is 0.264. The van der Waals surface area contributed by atoms with Crippen molar-refractivity contribution in [3.63, 3.8) is 0 Å². The number of aryl methyl sites for hydroxylation is 1. The lowest BCUT2D eigenvalue weighted by molar-refractivity contribution is -0.136. The summed E-state index contributed by atoms with van der Waals surface area (Å²) in [4.78, 5) is 128. The van der Waals surface area contributed by atoms with Crippen LogP contribution in [0.25, 0.3) is 79.7 Å². The molecule has 14 aromatic rings. The second kappa shape index (κ2) is 57.8. The molecular formula is C91H97N21O26S8. The minimum Gasteiger partial charge on any atom is -0.507 e. The number of carboxylic acids is 7. The molecule has 0 spiro atoms. The van der Waals surface area contributed by atoms with E-state index in [0.717, 1.165) is 134 Å². The molecule has 7 aromatic heterocycles. The average molecular weight is 2160 g/mol. The number of H-pyrrole nitrogens is 7. The van der Waals surface area contributed by atoms with Gasteiger partial charge in [0.05, 0.1) is 107 Å². The minimum atomic E-state index is -0.935. The zero-order chi connectivity index (χ0) is 106. The molecule has 7 aromatic carbocycles. The number of allylic oxidation sites excluding steroid dienone is 1. The second-order valence-electron chi connectivity index (χ2n) is 29.0. The van der Waals surface area contributed by atoms with E-state index < -0.39 is 41.8 Å². The molecule has 1 aliphatic rings. The number of para-hydroxylation sites is 1. The number of benzene rings is 7. The average Bonchev–Trinajstić information content (AvgIpc) is 1.27. The van der Waals surface area contributed by atoms with E-state index in [1.165, 1.54) is 33.3 Å². The zero-order valence-electron chi connectivity index (χ0n) is 79.6. The van der Waals surface area contributed by atoms with Crippen LogP contribution >= 0.6 is 94.1 Å². The topological polar surface area (TPSA) is 690 Å². The van der Waals surface area contributed by atoms with E-state index in [1.807, 2.05) is 50.2 Å². The van der Waals surface area contributed by atoms with Gasteiger partial charge in [0.2, 0.25) is 41.8 Å². The van der Waals surface area contributed by atoms with E-state index >= 15 is 0 Å². The van der Waals surface area contributed by atoms with Crippen LogP contribution in [0.15, 0.2) is 181 Å². The highest BCUT2D eigenvalue weighted by Crippen LogP contribution is 2.43. The number of carboxylic acid groups (broad SMARTS) is 7. The van der Waals surface area contributed by atoms with Gasteiger partial charge in [0, 0.05) is 55.8 Å². The number of rotatable bonds is 43. The number of aromatic nitrogens is 21. The maximum Gasteiger partial charge on any atom is 0.314 e. The fourth-order valence-corrected chi connectivity index (χ4v) is 15.9. The molecule has 0 bridgehead atoms. The molecule has 0 aliphatic heterocycles. The molecular weight excluding hydrogens is 2060 g/mol. The van der Waals surface area contributed by atoms with Crippen LogP contribution in [-0.4, -0.2) is 296 Å². The molecule has 0 atom stereocenters. The zero-order valence-corrected chi connectivity index (χ0v) is 86.2. The number of nitrogens with zero attached hydrogens (tertiary/aromatic N) is 14. The van der Waals surface area contributed by atoms with Crippen LogP contribution in [0, 0.1) is 19.8 Å². The minimum absolute atomic E-state index is 0.00234. The predicted molar refractivity (Wildman–Crippen MR) is 543 cm³/mol. The summed E-state index contributed by atoms with van der Waals surface area (Å²) >= 11 is 9.10. The van der Waals surface area contributed by atoms with Crippen LogP contribution < -0.4 is 42.6 Å². The summed E-state index contributed by atoms with van der Waals surface area (Å²) < 4.78 is 47.8. The molecule has 15 N–H and O–H groups in total. The van der Waals surface area contributed by atoms with Gasteiger partial charge in [0.1, 0.15) is 17.2 Å². The van der Waals surface area contributed by atoms with Crippen molar-refractivity contribution in [3.05, 3.63) is 156 Å². The number of esters is 1. The quantitative estimate of drug-likeness (QED) is 0.00555. The smallest absolute Gasteiger partial charge is 0.314 e. The number of aromatic amines is 7. The number of aliphatic carboxylic acids is 7. The van der Waals surface area contributed by atoms with Crippen molar-refractivity contribution in [2.75, 3.05) is 95.8 Å². The van der Waals surface area contributed by atoms with Gasteiger partial charge in [-0.25, -0.2) is 34.9 Å². The third-order valence-corrected chi connectivity index (χ3v) is 25.2. The summed E-state index contributed by atoms with van der Waals surface area (Å²) in [6, 6.07) is 37.8. The Kier molecular flexibility index (Phi) is 45.3. The number of carbonyl (C=O) groups excluding carboxylic acids is 2. The molecule has 770 valence electrons. The van der Waals surface area contributed by atoms with E-state index in [0.29, 0.717) is 163 Å². The SMILES string of the molecule is C=C(C)Oc1ccc(-c2nc(SCC(=O)O)n[nH]2)cc1OC.CCC(=O)c1ccc(-c2nc(SCC(=O)O)n[nH]2)cc1.CCSc1ccc(-c2nc(SCC(=O)O)n[nH]2)cc1.COc1cc(-c2nc(SCC(=O)O)n[nH]2)cc(OC)c1C.COc1cc(-c2nc(SCC(=O)O)n[nH]2)cc(OC)c1OC.COc1cc(-c2nc(SCC(=O)O)n[nH]2)ccc1OC(=O)C1CC1.Cc1cccc(-c2nc(SCC(=O)O)n[nH]2)c1O. The molecule has 55 heteroatoms. The standard InChI is InChI=1S/C15H15N3O5S.C14H15N3O4S.C13H15N3O5S.C13H15N3O4S.C13H13N3O3S.C12H13N3O2S2.C11H11N3O3S/c1-22-11-6-9(4-5-10(11)23-14(21)8-2-3-8)13-16-15(18-17-13)24-7-12(19)20;1-8(2)21-10-5-4-9(6-11(10)20-3)13-15-14(17-16-13)22-7-12(18)19;1-19-8-4-7(5-9(20-2)11(8)21-3)12-14-13(16-15-12)22-6-10(17)18;1-7-9(19-2)4-8(5-10(7)20-3)12-14-13(16-15-12)21-6-11(17)18;1-2-10(17)8-3-5-9(6-4-8)12-14-13(16-15-12)20-7-11(18)19;1-2-18-9-5-3-8(4-6-9)11-13-12(15-14-11)19-7-10(16)17;1-6-3-2-4-7(9(6)17)10-12-11(14-13-10)18-5-8(15)16/h4-6,8H,2-3,7H2,1H3,(H,19,20)(H,16,17,18);4-6H,1,7H2,2-3H3,(H,18,19)(H,15,16,17);4-5H,6H2,1-3H3,(H,17,18)(H,14,15,16);4-5H,6H2,1-3H3,(H,17,18)(H,14,15,16);3-6H,2,7H2,1H3,(H,18,19)(H,14,15,16);3-6H,2,7H2,1H3,(H,16,17)(H,13,14,15);2-4,17H,5H2,1H3,(H,15,16)(H,12,13,14). The molecule has 1 aliphatic carbocycles. The van der Waals surface area contributed by atoms with Gasteiger partial charge in [-0.3, -0.25) is 78.8 Å². The Morgan fingerprint density at radius 1 is 0.349 bits per heavy atom. The lowest BCUT2D eigenvalue weighted by Gasteiger charge is -2.13. The van der Waals surface area contributed by atoms with E-state index in [4.69, 9.17) is 78.4 Å². The normalized spacial score (nSPS) is 10.9. The third kappa shape index (κ3) is 36.2. The number of aromatic hydroxyl groups is 1. The van der Waals surface area contributed by atoms with Crippen LogP contribution in [0.5, 0.6) is 57.5 Å². The maximum absolute atomic E-state index is 11.8. The number of phenols is 1. The van der Waals surface area contributed by atoms with Gasteiger partial charge in [-0.05, 0) is 124 Å². The van der Waals surface area contributed by atoms with Gasteiger partial charge in [0.15, 0.2) is 81.1 Å². The van der Waals surface area contributed by atoms with E-state index in [2.05, 4.69) is 120 Å². The van der Waals surface area contributed by atoms with Crippen molar-refractivity contribution in [3.8, 4) is 137 Å². The number of hydrogen-bond acceptors (Lipinski definition) is 41. The predicted octanol–water partition coefficient (Wildman–Crippen LogP) is 14.9. The van der Waals surface area contributed by atoms with Gasteiger partial charge < -0.3 is 83.5 Å². The Balaban J connectivity index is 0.000000190. The van der Waals surface area contributed by atoms with Gasteiger partial charge in [-0.1, -0.05) is 151 Å². The number of phenolic OH excluding ortho intramolecular Hbond substituents is 1. The lowest BCUT2D eigenvalue weighted by Crippen LogP contribution is -2.10. The lowest BCUT2D eigenvalue weighted by atomic mass is 10.1. The fourth-order valence-electron chi connectivity index (χ4n) is 11.6. The number of nitrogens with one attached hydrogen (secondary N) is 7. The molecule has 47 nitrogen and oxygen atoms in total. The first kappa shape index (κ1) is 114. The van der Waals surface area contributed by atoms with E-state index in [-0.39, 0.29) is 63.7 Å². The van der Waals surface area contributed by atoms with Crippen LogP contribution in [0.2, 0.25) is 0 Å². The Morgan fingerprint density at radius 2 is 0.644 bits per heavy atom. The first-order valence-electron chi connectivity index (χ1n) is 42.6. The van der Waals surface area contributed by atoms with Gasteiger partial charge in [-0.2, -0.15) is 0 Å². The number of hydrogen-bond donors (Lipinski definition) is 15. The van der Waals surface area contributed by atoms with Gasteiger partial charge in [0.25, 0.3) is 0 Å². The summed E-state index contributed by atoms with van der Waals surface area (Å²) in [6.45, 7) is 13.0. The Bertz CT molecular complexity index is 6740. The number of ketones is 1. The Hall–Kier alpha value is -15.3. The molecule has 0 amide bonds. The second-order valence-corrected chi connectivity index (χ2v) is 36.9. The largest absolute Gasteiger partial charge is 0.507 e. The number of Topliss-reactive ketones (excluding diaryl/α,β-unsaturated/α-hetero) is 1. The third-order valence-electron chi connectivity index (χ3n) is 18.5. The Labute approximate surface area is 864 Å². The Morgan fingerprint density at radius 3 is 0.952 bits per heavy atom. The molecule has 0 radical (unpaired) electrons. The molecule has 1 saturated carbocycles. The molecule has 15 rings (SSSR count). The maximum atomic E-state index is 11.8. The summed E-state index contributed by atoms with van der Waals surface area (Å²) in [5, 5.41) is 120. The van der Waals surface area contributed by atoms with Crippen molar-refractivity contribution in [1.82, 2.24) is 106 Å². The van der Waals surface area contributed by atoms with Crippen LogP contribution in [0.3, 0.4) is 0 Å². The summed E-state index contributed by atoms with van der Waals surface area (Å²) in [5.74, 6) is 2.88. The number of carbonyl (C=O) groups is 9. The molecule has 7 heterocycles. The highest BCUT2D eigenvalue weighted by atomic mass is 32.2. The molecule has 0 saturated heterocycles. The number of methoxy groups -OCH3 is 7. The van der Waals surface area contributed by atoms with Crippen molar-refractivity contribution < 1.29 is 127 Å². The molecule has 146 heavy (non-hydrogen) atoms. The van der Waals surface area contributed by atoms with Crippen LogP contribution in [-0.2, 0) is 38.4 Å². The number of ether oxygens (including phenoxy) is 9. The number of thioether (sulfide) groups is 8. The van der Waals surface area contributed by atoms with Crippen molar-refractivity contribution in [1.29, 1.82) is 0 Å². The van der Waals surface area contributed by atoms with Crippen LogP contribution in [0.1, 0.15) is 61.5 Å². The van der Waals surface area contributed by atoms with Crippen LogP contribution in [0.4, 0.5) is 0 Å². The highest BCUT2D eigenvalue weighted by molar-refractivity contribution is 8.01. The van der Waals surface area contributed by atoms with E-state index in [1.54, 1.807) is 138 Å². The first-order chi connectivity index (χ1) is 70.0. The van der Waals surface area contributed by atoms with Gasteiger partial charge in [-0.15, -0.1) is 47.5 Å².